The van der Waals surface area contributed by atoms with Gasteiger partial charge in [0.05, 0.1) is 10.7 Å². The third-order valence-corrected chi connectivity index (χ3v) is 2.95. The number of amides is 1. The van der Waals surface area contributed by atoms with Crippen LogP contribution in [0.1, 0.15) is 10.4 Å². The summed E-state index contributed by atoms with van der Waals surface area (Å²) in [4.78, 5) is 12.0. The van der Waals surface area contributed by atoms with Gasteiger partial charge in [0, 0.05) is 11.3 Å². The molecule has 2 aromatic rings. The number of carbonyl (C=O) groups is 1. The molecule has 0 aliphatic carbocycles. The SMILES string of the molecule is Nc1cc(C(=O)Nc2ccc(OC(F)(F)F)cc2)ccc1Cl. The Morgan fingerprint density at radius 2 is 1.77 bits per heavy atom. The van der Waals surface area contributed by atoms with Crippen LogP contribution in [0.3, 0.4) is 0 Å². The molecular formula is C14H10ClF3N2O2. The Balaban J connectivity index is 2.07. The number of nitrogen functional groups attached to an aromatic ring is 1. The van der Waals surface area contributed by atoms with E-state index < -0.39 is 12.3 Å². The van der Waals surface area contributed by atoms with Crippen molar-refractivity contribution in [2.45, 2.75) is 6.36 Å². The van der Waals surface area contributed by atoms with Crippen LogP contribution in [0.5, 0.6) is 5.75 Å². The van der Waals surface area contributed by atoms with Gasteiger partial charge in [0.25, 0.3) is 5.91 Å². The van der Waals surface area contributed by atoms with Crippen molar-refractivity contribution >= 4 is 28.9 Å². The molecule has 0 aromatic heterocycles. The van der Waals surface area contributed by atoms with Gasteiger partial charge >= 0.3 is 6.36 Å². The number of hydrogen-bond donors (Lipinski definition) is 2. The minimum absolute atomic E-state index is 0.253. The highest BCUT2D eigenvalue weighted by Gasteiger charge is 2.30. The topological polar surface area (TPSA) is 64.4 Å². The summed E-state index contributed by atoms with van der Waals surface area (Å²) in [5.74, 6) is -0.839. The van der Waals surface area contributed by atoms with Crippen LogP contribution in [-0.4, -0.2) is 12.3 Å². The number of benzene rings is 2. The van der Waals surface area contributed by atoms with E-state index in [1.165, 1.54) is 30.3 Å². The lowest BCUT2D eigenvalue weighted by atomic mass is 10.2. The zero-order valence-corrected chi connectivity index (χ0v) is 11.7. The number of nitrogens with two attached hydrogens (primary N) is 1. The highest BCUT2D eigenvalue weighted by molar-refractivity contribution is 6.33. The van der Waals surface area contributed by atoms with Crippen LogP contribution >= 0.6 is 11.6 Å². The van der Waals surface area contributed by atoms with E-state index >= 15 is 0 Å². The normalized spacial score (nSPS) is 11.1. The molecule has 0 heterocycles. The van der Waals surface area contributed by atoms with Crippen LogP contribution in [-0.2, 0) is 0 Å². The van der Waals surface area contributed by atoms with Gasteiger partial charge < -0.3 is 15.8 Å². The Kier molecular flexibility index (Phi) is 4.46. The Labute approximate surface area is 128 Å². The van der Waals surface area contributed by atoms with Gasteiger partial charge in [-0.3, -0.25) is 4.79 Å². The van der Waals surface area contributed by atoms with Crippen molar-refractivity contribution in [1.29, 1.82) is 0 Å². The molecule has 116 valence electrons. The fraction of sp³-hybridized carbons (Fsp3) is 0.0714. The number of hydrogen-bond acceptors (Lipinski definition) is 3. The summed E-state index contributed by atoms with van der Waals surface area (Å²) in [6.45, 7) is 0. The maximum Gasteiger partial charge on any atom is 0.573 e. The lowest BCUT2D eigenvalue weighted by molar-refractivity contribution is -0.274. The summed E-state index contributed by atoms with van der Waals surface area (Å²) < 4.78 is 39.8. The van der Waals surface area contributed by atoms with E-state index in [4.69, 9.17) is 17.3 Å². The number of alkyl halides is 3. The largest absolute Gasteiger partial charge is 0.573 e. The summed E-state index contributed by atoms with van der Waals surface area (Å²) in [5.41, 5.74) is 6.44. The van der Waals surface area contributed by atoms with E-state index in [-0.39, 0.29) is 17.0 Å². The lowest BCUT2D eigenvalue weighted by Crippen LogP contribution is -2.17. The maximum atomic E-state index is 12.0. The third-order valence-electron chi connectivity index (χ3n) is 2.60. The average Bonchev–Trinajstić information content (AvgIpc) is 2.42. The summed E-state index contributed by atoms with van der Waals surface area (Å²) in [6.07, 6.45) is -4.76. The minimum Gasteiger partial charge on any atom is -0.406 e. The minimum atomic E-state index is -4.76. The van der Waals surface area contributed by atoms with E-state index in [1.807, 2.05) is 0 Å². The predicted octanol–water partition coefficient (Wildman–Crippen LogP) is 4.07. The fourth-order valence-corrected chi connectivity index (χ4v) is 1.75. The second-order valence-electron chi connectivity index (χ2n) is 4.26. The monoisotopic (exact) mass is 330 g/mol. The molecule has 0 saturated carbocycles. The molecule has 22 heavy (non-hydrogen) atoms. The first-order valence-electron chi connectivity index (χ1n) is 5.97. The molecule has 0 aliphatic rings. The number of nitrogens with one attached hydrogen (secondary N) is 1. The molecule has 0 spiro atoms. The highest BCUT2D eigenvalue weighted by atomic mass is 35.5. The van der Waals surface area contributed by atoms with Crippen LogP contribution in [0.4, 0.5) is 24.5 Å². The van der Waals surface area contributed by atoms with E-state index in [0.29, 0.717) is 10.7 Å². The van der Waals surface area contributed by atoms with Gasteiger partial charge in [-0.25, -0.2) is 0 Å². The summed E-state index contributed by atoms with van der Waals surface area (Å²) in [7, 11) is 0. The van der Waals surface area contributed by atoms with Crippen LogP contribution in [0.25, 0.3) is 0 Å². The van der Waals surface area contributed by atoms with E-state index in [1.54, 1.807) is 0 Å². The molecule has 0 aliphatic heterocycles. The molecule has 8 heteroatoms. The molecule has 4 nitrogen and oxygen atoms in total. The zero-order valence-electron chi connectivity index (χ0n) is 10.9. The maximum absolute atomic E-state index is 12.0. The average molecular weight is 331 g/mol. The molecule has 2 rings (SSSR count). The van der Waals surface area contributed by atoms with Gasteiger partial charge in [-0.15, -0.1) is 13.2 Å². The van der Waals surface area contributed by atoms with Crippen molar-refractivity contribution in [3.63, 3.8) is 0 Å². The molecular weight excluding hydrogens is 321 g/mol. The fourth-order valence-electron chi connectivity index (χ4n) is 1.63. The van der Waals surface area contributed by atoms with Crippen LogP contribution in [0, 0.1) is 0 Å². The highest BCUT2D eigenvalue weighted by Crippen LogP contribution is 2.24. The molecule has 0 unspecified atom stereocenters. The van der Waals surface area contributed by atoms with Crippen molar-refractivity contribution in [3.05, 3.63) is 53.1 Å². The van der Waals surface area contributed by atoms with E-state index in [2.05, 4.69) is 10.1 Å². The first-order valence-corrected chi connectivity index (χ1v) is 6.34. The van der Waals surface area contributed by atoms with Gasteiger partial charge in [0.15, 0.2) is 0 Å². The predicted molar refractivity (Wildman–Crippen MR) is 76.9 cm³/mol. The van der Waals surface area contributed by atoms with Crippen LogP contribution < -0.4 is 15.8 Å². The van der Waals surface area contributed by atoms with Crippen molar-refractivity contribution in [1.82, 2.24) is 0 Å². The van der Waals surface area contributed by atoms with E-state index in [0.717, 1.165) is 12.1 Å². The number of halogens is 4. The Morgan fingerprint density at radius 1 is 1.14 bits per heavy atom. The van der Waals surface area contributed by atoms with E-state index in [9.17, 15) is 18.0 Å². The van der Waals surface area contributed by atoms with Crippen molar-refractivity contribution < 1.29 is 22.7 Å². The summed E-state index contributed by atoms with van der Waals surface area (Å²) >= 11 is 5.75. The quantitative estimate of drug-likeness (QED) is 0.834. The smallest absolute Gasteiger partial charge is 0.406 e. The van der Waals surface area contributed by atoms with Crippen LogP contribution in [0.2, 0.25) is 5.02 Å². The molecule has 2 aromatic carbocycles. The number of rotatable bonds is 3. The first kappa shape index (κ1) is 16.0. The molecule has 0 atom stereocenters. The molecule has 0 bridgehead atoms. The zero-order chi connectivity index (χ0) is 16.3. The Bertz CT molecular complexity index is 687. The second kappa shape index (κ2) is 6.15. The lowest BCUT2D eigenvalue weighted by Gasteiger charge is -2.10. The molecule has 0 radical (unpaired) electrons. The third kappa shape index (κ3) is 4.29. The Morgan fingerprint density at radius 3 is 2.32 bits per heavy atom. The standard InChI is InChI=1S/C14H10ClF3N2O2/c15-11-6-1-8(7-12(11)19)13(21)20-9-2-4-10(5-3-9)22-14(16,17)18/h1-7H,19H2,(H,20,21). The van der Waals surface area contributed by atoms with Crippen LogP contribution in [0.15, 0.2) is 42.5 Å². The van der Waals surface area contributed by atoms with Gasteiger partial charge in [-0.1, -0.05) is 11.6 Å². The molecule has 0 saturated heterocycles. The van der Waals surface area contributed by atoms with Gasteiger partial charge in [0.2, 0.25) is 0 Å². The van der Waals surface area contributed by atoms with Gasteiger partial charge in [-0.2, -0.15) is 0 Å². The summed E-state index contributed by atoms with van der Waals surface area (Å²) in [5, 5.41) is 2.84. The van der Waals surface area contributed by atoms with Crippen molar-refractivity contribution in [2.75, 3.05) is 11.1 Å². The molecule has 1 amide bonds. The van der Waals surface area contributed by atoms with Crippen molar-refractivity contribution in [2.24, 2.45) is 0 Å². The number of ether oxygens (including phenoxy) is 1. The van der Waals surface area contributed by atoms with Gasteiger partial charge in [-0.05, 0) is 42.5 Å². The summed E-state index contributed by atoms with van der Waals surface area (Å²) in [6, 6.07) is 9.13. The van der Waals surface area contributed by atoms with Crippen molar-refractivity contribution in [3.8, 4) is 5.75 Å². The number of carbonyl (C=O) groups excluding carboxylic acids is 1. The first-order chi connectivity index (χ1) is 10.2. The van der Waals surface area contributed by atoms with Gasteiger partial charge in [0.1, 0.15) is 5.75 Å². The second-order valence-corrected chi connectivity index (χ2v) is 4.67. The molecule has 3 N–H and O–H groups in total. The number of anilines is 2. The Hall–Kier alpha value is -2.41. The molecule has 0 fully saturated rings.